The summed E-state index contributed by atoms with van der Waals surface area (Å²) < 4.78 is 5.16. The highest BCUT2D eigenvalue weighted by atomic mass is 16.5. The zero-order chi connectivity index (χ0) is 19.9. The van der Waals surface area contributed by atoms with Crippen LogP contribution < -0.4 is 5.32 Å². The predicted molar refractivity (Wildman–Crippen MR) is 109 cm³/mol. The molecule has 0 radical (unpaired) electrons. The molecule has 0 aromatic heterocycles. The number of hydrogen-bond donors (Lipinski definition) is 1. The number of rotatable bonds is 7. The van der Waals surface area contributed by atoms with Crippen molar-refractivity contribution < 1.29 is 19.1 Å². The molecule has 0 aliphatic carbocycles. The van der Waals surface area contributed by atoms with E-state index in [0.717, 1.165) is 17.2 Å². The number of Topliss-reactive ketones (excluding diaryl/α,β-unsaturated/α-hetero) is 1. The second kappa shape index (κ2) is 8.95. The van der Waals surface area contributed by atoms with Crippen LogP contribution in [0, 0.1) is 0 Å². The number of ether oxygens (including phenoxy) is 1. The highest BCUT2D eigenvalue weighted by Gasteiger charge is 2.12. The number of amides is 1. The van der Waals surface area contributed by atoms with Crippen LogP contribution in [0.1, 0.15) is 40.5 Å². The molecule has 5 nitrogen and oxygen atoms in total. The fraction of sp³-hybridized carbons (Fsp3) is 0.174. The fourth-order valence-corrected chi connectivity index (χ4v) is 2.80. The zero-order valence-electron chi connectivity index (χ0n) is 15.6. The summed E-state index contributed by atoms with van der Waals surface area (Å²) in [4.78, 5) is 36.1. The average molecular weight is 375 g/mol. The predicted octanol–water partition coefficient (Wildman–Crippen LogP) is 4.62. The van der Waals surface area contributed by atoms with Crippen molar-refractivity contribution in [3.8, 4) is 0 Å². The van der Waals surface area contributed by atoms with Crippen LogP contribution in [0.2, 0.25) is 0 Å². The van der Waals surface area contributed by atoms with Gasteiger partial charge in [0.15, 0.2) is 12.4 Å². The average Bonchev–Trinajstić information content (AvgIpc) is 2.72. The molecule has 0 saturated carbocycles. The standard InChI is InChI=1S/C23H21NO4/c1-2-5-22(26)24-20-12-10-17(11-13-20)21(25)15-28-23(27)19-9-8-16-6-3-4-7-18(16)14-19/h3-4,6-14H,2,5,15H2,1H3,(H,24,26). The molecule has 0 aliphatic heterocycles. The van der Waals surface area contributed by atoms with Crippen LogP contribution in [0.4, 0.5) is 5.69 Å². The molecule has 0 heterocycles. The minimum Gasteiger partial charge on any atom is -0.454 e. The van der Waals surface area contributed by atoms with Crippen LogP contribution in [0.3, 0.4) is 0 Å². The van der Waals surface area contributed by atoms with E-state index in [4.69, 9.17) is 4.74 Å². The maximum Gasteiger partial charge on any atom is 0.338 e. The summed E-state index contributed by atoms with van der Waals surface area (Å²) in [6.45, 7) is 1.59. The molecule has 3 rings (SSSR count). The first-order chi connectivity index (χ1) is 13.6. The fourth-order valence-electron chi connectivity index (χ4n) is 2.80. The van der Waals surface area contributed by atoms with Crippen LogP contribution in [0.25, 0.3) is 10.8 Å². The molecule has 3 aromatic rings. The maximum atomic E-state index is 12.3. The molecule has 1 amide bonds. The minimum atomic E-state index is -0.539. The van der Waals surface area contributed by atoms with E-state index in [-0.39, 0.29) is 18.3 Å². The number of esters is 1. The number of nitrogens with one attached hydrogen (secondary N) is 1. The third-order valence-corrected chi connectivity index (χ3v) is 4.29. The van der Waals surface area contributed by atoms with Crippen molar-refractivity contribution >= 4 is 34.1 Å². The Morgan fingerprint density at radius 3 is 2.25 bits per heavy atom. The molecule has 0 bridgehead atoms. The third-order valence-electron chi connectivity index (χ3n) is 4.29. The maximum absolute atomic E-state index is 12.3. The molecule has 28 heavy (non-hydrogen) atoms. The van der Waals surface area contributed by atoms with E-state index in [1.165, 1.54) is 0 Å². The molecule has 0 fully saturated rings. The Morgan fingerprint density at radius 1 is 0.857 bits per heavy atom. The normalized spacial score (nSPS) is 10.5. The Labute approximate surface area is 163 Å². The summed E-state index contributed by atoms with van der Waals surface area (Å²) >= 11 is 0. The smallest absolute Gasteiger partial charge is 0.338 e. The van der Waals surface area contributed by atoms with E-state index < -0.39 is 5.97 Å². The van der Waals surface area contributed by atoms with E-state index in [1.807, 2.05) is 37.3 Å². The number of fused-ring (bicyclic) bond motifs is 1. The van der Waals surface area contributed by atoms with Gasteiger partial charge in [0.25, 0.3) is 0 Å². The minimum absolute atomic E-state index is 0.0640. The second-order valence-electron chi connectivity index (χ2n) is 6.44. The molecule has 0 unspecified atom stereocenters. The summed E-state index contributed by atoms with van der Waals surface area (Å²) in [5.74, 6) is -0.908. The lowest BCUT2D eigenvalue weighted by atomic mass is 10.1. The summed E-state index contributed by atoms with van der Waals surface area (Å²) in [5, 5.41) is 4.72. The van der Waals surface area contributed by atoms with E-state index in [9.17, 15) is 14.4 Å². The summed E-state index contributed by atoms with van der Waals surface area (Å²) in [6, 6.07) is 19.5. The Balaban J connectivity index is 1.58. The zero-order valence-corrected chi connectivity index (χ0v) is 15.6. The SMILES string of the molecule is CCCC(=O)Nc1ccc(C(=O)COC(=O)c2ccc3ccccc3c2)cc1. The van der Waals surface area contributed by atoms with E-state index in [1.54, 1.807) is 36.4 Å². The Hall–Kier alpha value is -3.47. The summed E-state index contributed by atoms with van der Waals surface area (Å²) in [7, 11) is 0. The number of anilines is 1. The van der Waals surface area contributed by atoms with Crippen molar-refractivity contribution in [2.24, 2.45) is 0 Å². The molecule has 1 N–H and O–H groups in total. The molecule has 0 spiro atoms. The number of ketones is 1. The van der Waals surface area contributed by atoms with Gasteiger partial charge < -0.3 is 10.1 Å². The quantitative estimate of drug-likeness (QED) is 0.483. The topological polar surface area (TPSA) is 72.5 Å². The largest absolute Gasteiger partial charge is 0.454 e. The molecule has 5 heteroatoms. The van der Waals surface area contributed by atoms with Crippen LogP contribution in [0.15, 0.2) is 66.7 Å². The molecular weight excluding hydrogens is 354 g/mol. The van der Waals surface area contributed by atoms with Crippen molar-refractivity contribution in [1.82, 2.24) is 0 Å². The first-order valence-corrected chi connectivity index (χ1v) is 9.16. The van der Waals surface area contributed by atoms with Crippen molar-refractivity contribution in [2.45, 2.75) is 19.8 Å². The van der Waals surface area contributed by atoms with Crippen molar-refractivity contribution in [3.63, 3.8) is 0 Å². The number of benzene rings is 3. The van der Waals surface area contributed by atoms with Gasteiger partial charge in [-0.3, -0.25) is 9.59 Å². The van der Waals surface area contributed by atoms with Gasteiger partial charge in [-0.1, -0.05) is 37.3 Å². The first-order valence-electron chi connectivity index (χ1n) is 9.16. The lowest BCUT2D eigenvalue weighted by molar-refractivity contribution is -0.116. The van der Waals surface area contributed by atoms with Crippen LogP contribution >= 0.6 is 0 Å². The van der Waals surface area contributed by atoms with Crippen molar-refractivity contribution in [2.75, 3.05) is 11.9 Å². The van der Waals surface area contributed by atoms with Crippen molar-refractivity contribution in [1.29, 1.82) is 0 Å². The van der Waals surface area contributed by atoms with Gasteiger partial charge in [-0.25, -0.2) is 4.79 Å². The van der Waals surface area contributed by atoms with Gasteiger partial charge >= 0.3 is 5.97 Å². The van der Waals surface area contributed by atoms with Gasteiger partial charge in [0.1, 0.15) is 0 Å². The van der Waals surface area contributed by atoms with Crippen LogP contribution in [-0.4, -0.2) is 24.3 Å². The van der Waals surface area contributed by atoms with Gasteiger partial charge in [-0.15, -0.1) is 0 Å². The van der Waals surface area contributed by atoms with E-state index in [0.29, 0.717) is 23.2 Å². The van der Waals surface area contributed by atoms with Gasteiger partial charge in [0.05, 0.1) is 5.56 Å². The number of carbonyl (C=O) groups excluding carboxylic acids is 3. The third kappa shape index (κ3) is 4.82. The summed E-state index contributed by atoms with van der Waals surface area (Å²) in [5.41, 5.74) is 1.45. The monoisotopic (exact) mass is 375 g/mol. The van der Waals surface area contributed by atoms with Gasteiger partial charge in [-0.2, -0.15) is 0 Å². The lowest BCUT2D eigenvalue weighted by Crippen LogP contribution is -2.14. The highest BCUT2D eigenvalue weighted by molar-refractivity contribution is 6.01. The second-order valence-corrected chi connectivity index (χ2v) is 6.44. The molecule has 0 aliphatic rings. The highest BCUT2D eigenvalue weighted by Crippen LogP contribution is 2.16. The molecular formula is C23H21NO4. The number of carbonyl (C=O) groups is 3. The summed E-state index contributed by atoms with van der Waals surface area (Å²) in [6.07, 6.45) is 1.22. The molecule has 142 valence electrons. The Bertz CT molecular complexity index is 1010. The number of hydrogen-bond acceptors (Lipinski definition) is 4. The Morgan fingerprint density at radius 2 is 1.54 bits per heavy atom. The van der Waals surface area contributed by atoms with Gasteiger partial charge in [-0.05, 0) is 53.6 Å². The van der Waals surface area contributed by atoms with Gasteiger partial charge in [0.2, 0.25) is 5.91 Å². The van der Waals surface area contributed by atoms with Crippen LogP contribution in [0.5, 0.6) is 0 Å². The molecule has 3 aromatic carbocycles. The lowest BCUT2D eigenvalue weighted by Gasteiger charge is -2.07. The van der Waals surface area contributed by atoms with Gasteiger partial charge in [0, 0.05) is 17.7 Å². The van der Waals surface area contributed by atoms with Crippen molar-refractivity contribution in [3.05, 3.63) is 77.9 Å². The Kier molecular flexibility index (Phi) is 6.17. The van der Waals surface area contributed by atoms with Crippen LogP contribution in [-0.2, 0) is 9.53 Å². The van der Waals surface area contributed by atoms with E-state index in [2.05, 4.69) is 5.32 Å². The van der Waals surface area contributed by atoms with E-state index >= 15 is 0 Å². The first kappa shape index (κ1) is 19.3. The molecule has 0 saturated heterocycles. The molecule has 0 atom stereocenters.